The predicted molar refractivity (Wildman–Crippen MR) is 77.2 cm³/mol. The van der Waals surface area contributed by atoms with Crippen molar-refractivity contribution in [2.24, 2.45) is 5.92 Å². The van der Waals surface area contributed by atoms with E-state index in [1.165, 1.54) is 45.3 Å². The molecule has 4 heteroatoms. The van der Waals surface area contributed by atoms with Crippen molar-refractivity contribution < 1.29 is 9.47 Å². The Labute approximate surface area is 117 Å². The van der Waals surface area contributed by atoms with Gasteiger partial charge in [-0.15, -0.1) is 0 Å². The highest BCUT2D eigenvalue weighted by atomic mass is 16.7. The monoisotopic (exact) mass is 270 g/mol. The average Bonchev–Trinajstić information content (AvgIpc) is 3.23. The predicted octanol–water partition coefficient (Wildman–Crippen LogP) is 1.85. The summed E-state index contributed by atoms with van der Waals surface area (Å²) in [5.74, 6) is 0.985. The summed E-state index contributed by atoms with van der Waals surface area (Å²) < 4.78 is 11.2. The van der Waals surface area contributed by atoms with Crippen molar-refractivity contribution in [2.45, 2.75) is 51.9 Å². The summed E-state index contributed by atoms with van der Waals surface area (Å²) in [7, 11) is 0. The molecule has 112 valence electrons. The van der Waals surface area contributed by atoms with Gasteiger partial charge in [-0.1, -0.05) is 0 Å². The lowest BCUT2D eigenvalue weighted by molar-refractivity contribution is -0.148. The van der Waals surface area contributed by atoms with E-state index in [9.17, 15) is 0 Å². The molecule has 0 radical (unpaired) electrons. The molecule has 0 atom stereocenters. The van der Waals surface area contributed by atoms with Crippen molar-refractivity contribution in [2.75, 3.05) is 39.4 Å². The van der Waals surface area contributed by atoms with Crippen LogP contribution in [0, 0.1) is 5.92 Å². The molecule has 2 rings (SSSR count). The van der Waals surface area contributed by atoms with Crippen LogP contribution in [0.2, 0.25) is 0 Å². The molecule has 0 aromatic rings. The number of ether oxygens (including phenoxy) is 2. The Balaban J connectivity index is 1.60. The number of piperidine rings is 1. The van der Waals surface area contributed by atoms with Gasteiger partial charge in [0, 0.05) is 25.8 Å². The molecule has 2 aliphatic rings. The van der Waals surface area contributed by atoms with Gasteiger partial charge in [0.05, 0.1) is 0 Å². The molecule has 4 nitrogen and oxygen atoms in total. The molecule has 1 aliphatic heterocycles. The van der Waals surface area contributed by atoms with Crippen LogP contribution < -0.4 is 5.32 Å². The summed E-state index contributed by atoms with van der Waals surface area (Å²) in [5, 5.41) is 3.72. The van der Waals surface area contributed by atoms with Crippen LogP contribution in [0.1, 0.15) is 39.5 Å². The summed E-state index contributed by atoms with van der Waals surface area (Å²) in [6.45, 7) is 9.99. The Morgan fingerprint density at radius 2 is 1.68 bits per heavy atom. The molecule has 0 aromatic heterocycles. The van der Waals surface area contributed by atoms with Gasteiger partial charge in [0.15, 0.2) is 6.29 Å². The Morgan fingerprint density at radius 3 is 2.21 bits per heavy atom. The van der Waals surface area contributed by atoms with Crippen LogP contribution in [0.5, 0.6) is 0 Å². The number of nitrogens with zero attached hydrogens (tertiary/aromatic N) is 1. The van der Waals surface area contributed by atoms with Gasteiger partial charge in [-0.25, -0.2) is 0 Å². The minimum absolute atomic E-state index is 0.0500. The highest BCUT2D eigenvalue weighted by Crippen LogP contribution is 2.28. The SMILES string of the molecule is CCOC(CN1CCC(NCC2CC2)CC1)OCC. The zero-order valence-corrected chi connectivity index (χ0v) is 12.6. The van der Waals surface area contributed by atoms with E-state index in [0.29, 0.717) is 0 Å². The Bertz CT molecular complexity index is 232. The topological polar surface area (TPSA) is 33.7 Å². The normalized spacial score (nSPS) is 22.3. The minimum atomic E-state index is -0.0500. The standard InChI is InChI=1S/C15H30N2O2/c1-3-18-15(19-4-2)12-17-9-7-14(8-10-17)16-11-13-5-6-13/h13-16H,3-12H2,1-2H3. The van der Waals surface area contributed by atoms with Crippen molar-refractivity contribution in [1.82, 2.24) is 10.2 Å². The second kappa shape index (κ2) is 8.20. The molecular formula is C15H30N2O2. The van der Waals surface area contributed by atoms with Gasteiger partial charge < -0.3 is 14.8 Å². The molecule has 0 bridgehead atoms. The molecule has 0 unspecified atom stereocenters. The van der Waals surface area contributed by atoms with Crippen molar-refractivity contribution >= 4 is 0 Å². The maximum Gasteiger partial charge on any atom is 0.170 e. The first-order chi connectivity index (χ1) is 9.31. The number of hydrogen-bond acceptors (Lipinski definition) is 4. The number of hydrogen-bond donors (Lipinski definition) is 1. The van der Waals surface area contributed by atoms with E-state index >= 15 is 0 Å². The minimum Gasteiger partial charge on any atom is -0.352 e. The van der Waals surface area contributed by atoms with Gasteiger partial charge >= 0.3 is 0 Å². The summed E-state index contributed by atoms with van der Waals surface area (Å²) in [6.07, 6.45) is 5.35. The van der Waals surface area contributed by atoms with Crippen molar-refractivity contribution in [3.8, 4) is 0 Å². The zero-order chi connectivity index (χ0) is 13.5. The van der Waals surface area contributed by atoms with Gasteiger partial charge in [0.25, 0.3) is 0 Å². The molecule has 0 spiro atoms. The molecule has 0 amide bonds. The van der Waals surface area contributed by atoms with Gasteiger partial charge in [0.2, 0.25) is 0 Å². The first-order valence-corrected chi connectivity index (χ1v) is 8.00. The van der Waals surface area contributed by atoms with E-state index in [4.69, 9.17) is 9.47 Å². The van der Waals surface area contributed by atoms with Gasteiger partial charge in [0.1, 0.15) is 0 Å². The molecular weight excluding hydrogens is 240 g/mol. The van der Waals surface area contributed by atoms with E-state index in [0.717, 1.165) is 31.7 Å². The molecule has 19 heavy (non-hydrogen) atoms. The van der Waals surface area contributed by atoms with E-state index in [-0.39, 0.29) is 6.29 Å². The zero-order valence-electron chi connectivity index (χ0n) is 12.6. The van der Waals surface area contributed by atoms with Crippen LogP contribution in [0.25, 0.3) is 0 Å². The lowest BCUT2D eigenvalue weighted by Crippen LogP contribution is -2.46. The van der Waals surface area contributed by atoms with Gasteiger partial charge in [-0.05, 0) is 65.1 Å². The second-order valence-corrected chi connectivity index (χ2v) is 5.77. The van der Waals surface area contributed by atoms with Crippen LogP contribution in [0.4, 0.5) is 0 Å². The third kappa shape index (κ3) is 5.78. The second-order valence-electron chi connectivity index (χ2n) is 5.77. The Morgan fingerprint density at radius 1 is 1.05 bits per heavy atom. The lowest BCUT2D eigenvalue weighted by Gasteiger charge is -2.34. The van der Waals surface area contributed by atoms with Crippen LogP contribution >= 0.6 is 0 Å². The maximum absolute atomic E-state index is 5.62. The van der Waals surface area contributed by atoms with E-state index < -0.39 is 0 Å². The van der Waals surface area contributed by atoms with E-state index in [1.54, 1.807) is 0 Å². The van der Waals surface area contributed by atoms with Gasteiger partial charge in [-0.3, -0.25) is 4.90 Å². The first kappa shape index (κ1) is 15.2. The third-order valence-corrected chi connectivity index (χ3v) is 4.09. The summed E-state index contributed by atoms with van der Waals surface area (Å²) >= 11 is 0. The quantitative estimate of drug-likeness (QED) is 0.648. The molecule has 2 fully saturated rings. The molecule has 0 aromatic carbocycles. The van der Waals surface area contributed by atoms with Crippen LogP contribution in [-0.4, -0.2) is 56.6 Å². The Hall–Kier alpha value is -0.160. The molecule has 1 saturated heterocycles. The maximum atomic E-state index is 5.62. The summed E-state index contributed by atoms with van der Waals surface area (Å²) in [5.41, 5.74) is 0. The fourth-order valence-electron chi connectivity index (χ4n) is 2.71. The smallest absolute Gasteiger partial charge is 0.170 e. The Kier molecular flexibility index (Phi) is 6.57. The number of rotatable bonds is 9. The first-order valence-electron chi connectivity index (χ1n) is 8.00. The summed E-state index contributed by atoms with van der Waals surface area (Å²) in [4.78, 5) is 2.48. The highest BCUT2D eigenvalue weighted by molar-refractivity contribution is 4.82. The van der Waals surface area contributed by atoms with Crippen molar-refractivity contribution in [1.29, 1.82) is 0 Å². The highest BCUT2D eigenvalue weighted by Gasteiger charge is 2.25. The fraction of sp³-hybridized carbons (Fsp3) is 1.00. The largest absolute Gasteiger partial charge is 0.352 e. The van der Waals surface area contributed by atoms with Crippen LogP contribution in [0.3, 0.4) is 0 Å². The molecule has 1 heterocycles. The number of nitrogens with one attached hydrogen (secondary N) is 1. The van der Waals surface area contributed by atoms with Crippen LogP contribution in [0.15, 0.2) is 0 Å². The molecule has 1 aliphatic carbocycles. The summed E-state index contributed by atoms with van der Waals surface area (Å²) in [6, 6.07) is 0.731. The van der Waals surface area contributed by atoms with Crippen molar-refractivity contribution in [3.63, 3.8) is 0 Å². The third-order valence-electron chi connectivity index (χ3n) is 4.09. The lowest BCUT2D eigenvalue weighted by atomic mass is 10.0. The molecule has 1 N–H and O–H groups in total. The average molecular weight is 270 g/mol. The van der Waals surface area contributed by atoms with Gasteiger partial charge in [-0.2, -0.15) is 0 Å². The van der Waals surface area contributed by atoms with Crippen molar-refractivity contribution in [3.05, 3.63) is 0 Å². The fourth-order valence-corrected chi connectivity index (χ4v) is 2.71. The van der Waals surface area contributed by atoms with Crippen LogP contribution in [-0.2, 0) is 9.47 Å². The molecule has 1 saturated carbocycles. The number of likely N-dealkylation sites (tertiary alicyclic amines) is 1. The van der Waals surface area contributed by atoms with E-state index in [2.05, 4.69) is 10.2 Å². The van der Waals surface area contributed by atoms with E-state index in [1.807, 2.05) is 13.8 Å².